The van der Waals surface area contributed by atoms with E-state index in [0.29, 0.717) is 23.0 Å². The van der Waals surface area contributed by atoms with Crippen LogP contribution in [0.25, 0.3) is 0 Å². The lowest BCUT2D eigenvalue weighted by atomic mass is 9.46. The van der Waals surface area contributed by atoms with Gasteiger partial charge in [0.1, 0.15) is 0 Å². The molecule has 1 heteroatoms. The molecule has 0 N–H and O–H groups in total. The average molecular weight is 395 g/mol. The van der Waals surface area contributed by atoms with E-state index >= 15 is 0 Å². The van der Waals surface area contributed by atoms with Crippen molar-refractivity contribution in [3.8, 4) is 0 Å². The minimum atomic E-state index is 0.356. The predicted molar refractivity (Wildman–Crippen MR) is 119 cm³/mol. The van der Waals surface area contributed by atoms with Crippen molar-refractivity contribution >= 4 is 0 Å². The molecule has 160 valence electrons. The van der Waals surface area contributed by atoms with E-state index in [1.807, 2.05) is 0 Å². The van der Waals surface area contributed by atoms with E-state index in [4.69, 9.17) is 4.74 Å². The molecule has 0 amide bonds. The van der Waals surface area contributed by atoms with E-state index < -0.39 is 0 Å². The third-order valence-corrected chi connectivity index (χ3v) is 9.99. The lowest BCUT2D eigenvalue weighted by molar-refractivity contribution is -0.242. The van der Waals surface area contributed by atoms with Gasteiger partial charge in [0, 0.05) is 10.8 Å². The Morgan fingerprint density at radius 2 is 0.931 bits per heavy atom. The second kappa shape index (κ2) is 6.47. The molecule has 0 aromatic rings. The SMILES string of the molecule is CC(C)=CC12CC3CC(CC(C3)C1OC1C3CC4CC(C3)CC1(C=C(C)C)C4)C2. The van der Waals surface area contributed by atoms with Crippen molar-refractivity contribution in [1.82, 2.24) is 0 Å². The maximum Gasteiger partial charge on any atom is 0.0698 e. The highest BCUT2D eigenvalue weighted by Crippen LogP contribution is 2.66. The molecule has 8 aliphatic carbocycles. The minimum absolute atomic E-state index is 0.356. The number of allylic oxidation sites excluding steroid dienone is 2. The average Bonchev–Trinajstić information content (AvgIpc) is 2.57. The van der Waals surface area contributed by atoms with Gasteiger partial charge in [-0.15, -0.1) is 0 Å². The van der Waals surface area contributed by atoms with Crippen LogP contribution in [0.3, 0.4) is 0 Å². The van der Waals surface area contributed by atoms with Gasteiger partial charge in [0.15, 0.2) is 0 Å². The molecule has 0 saturated heterocycles. The first kappa shape index (κ1) is 19.1. The molecule has 29 heavy (non-hydrogen) atoms. The largest absolute Gasteiger partial charge is 0.373 e. The van der Waals surface area contributed by atoms with Crippen LogP contribution >= 0.6 is 0 Å². The predicted octanol–water partition coefficient (Wildman–Crippen LogP) is 7.33. The first-order chi connectivity index (χ1) is 13.8. The van der Waals surface area contributed by atoms with Crippen molar-refractivity contribution in [3.05, 3.63) is 23.3 Å². The Morgan fingerprint density at radius 1 is 0.586 bits per heavy atom. The summed E-state index contributed by atoms with van der Waals surface area (Å²) in [5.74, 6) is 5.58. The summed E-state index contributed by atoms with van der Waals surface area (Å²) < 4.78 is 7.52. The van der Waals surface area contributed by atoms with Crippen LogP contribution in [0.1, 0.15) is 91.9 Å². The van der Waals surface area contributed by atoms with Crippen molar-refractivity contribution in [2.24, 2.45) is 46.3 Å². The molecule has 0 radical (unpaired) electrons. The highest BCUT2D eigenvalue weighted by Gasteiger charge is 2.61. The van der Waals surface area contributed by atoms with Gasteiger partial charge in [-0.3, -0.25) is 0 Å². The topological polar surface area (TPSA) is 9.23 Å². The maximum absolute atomic E-state index is 7.52. The summed E-state index contributed by atoms with van der Waals surface area (Å²) in [5, 5.41) is 0. The van der Waals surface area contributed by atoms with Crippen LogP contribution in [0.4, 0.5) is 0 Å². The van der Waals surface area contributed by atoms with Crippen molar-refractivity contribution in [2.75, 3.05) is 0 Å². The summed E-state index contributed by atoms with van der Waals surface area (Å²) >= 11 is 0. The summed E-state index contributed by atoms with van der Waals surface area (Å²) in [6, 6.07) is 0. The monoisotopic (exact) mass is 394 g/mol. The quantitative estimate of drug-likeness (QED) is 0.454. The van der Waals surface area contributed by atoms with Crippen LogP contribution in [0, 0.1) is 46.3 Å². The van der Waals surface area contributed by atoms with Gasteiger partial charge in [0.25, 0.3) is 0 Å². The number of hydrogen-bond donors (Lipinski definition) is 0. The van der Waals surface area contributed by atoms with Gasteiger partial charge in [-0.05, 0) is 127 Å². The first-order valence-electron chi connectivity index (χ1n) is 12.8. The Kier molecular flexibility index (Phi) is 4.27. The molecular weight excluding hydrogens is 352 g/mol. The van der Waals surface area contributed by atoms with Gasteiger partial charge < -0.3 is 4.74 Å². The van der Waals surface area contributed by atoms with Crippen LogP contribution in [0.2, 0.25) is 0 Å². The molecule has 8 bridgehead atoms. The standard InChI is InChI=1S/C28H42O/c1-17(2)11-27-13-19-5-20(14-27)8-23(7-19)25(27)29-26-24-9-21-6-22(10-24)16-28(26,15-21)12-18(3)4/h11-12,19-26H,5-10,13-16H2,1-4H3. The zero-order chi connectivity index (χ0) is 20.0. The first-order valence-corrected chi connectivity index (χ1v) is 12.8. The molecule has 8 saturated carbocycles. The summed E-state index contributed by atoms with van der Waals surface area (Å²) in [6.45, 7) is 9.29. The van der Waals surface area contributed by atoms with Gasteiger partial charge in [-0.25, -0.2) is 0 Å². The molecule has 8 aliphatic rings. The Hall–Kier alpha value is -0.560. The molecule has 8 rings (SSSR count). The Morgan fingerprint density at radius 3 is 1.24 bits per heavy atom. The van der Waals surface area contributed by atoms with Crippen LogP contribution in [0.5, 0.6) is 0 Å². The van der Waals surface area contributed by atoms with E-state index in [2.05, 4.69) is 39.8 Å². The smallest absolute Gasteiger partial charge is 0.0698 e. The lowest BCUT2D eigenvalue weighted by Crippen LogP contribution is -2.62. The summed E-state index contributed by atoms with van der Waals surface area (Å²) in [7, 11) is 0. The molecule has 0 aromatic carbocycles. The van der Waals surface area contributed by atoms with Crippen LogP contribution in [-0.4, -0.2) is 12.2 Å². The van der Waals surface area contributed by atoms with Crippen LogP contribution < -0.4 is 0 Å². The maximum atomic E-state index is 7.52. The molecule has 0 spiro atoms. The third kappa shape index (κ3) is 2.96. The fourth-order valence-electron chi connectivity index (χ4n) is 10.3. The van der Waals surface area contributed by atoms with Gasteiger partial charge in [-0.2, -0.15) is 0 Å². The molecule has 6 atom stereocenters. The molecular formula is C28H42O. The van der Waals surface area contributed by atoms with E-state index in [0.717, 1.165) is 35.5 Å². The highest BCUT2D eigenvalue weighted by molar-refractivity contribution is 5.21. The molecule has 0 heterocycles. The Balaban J connectivity index is 1.36. The summed E-state index contributed by atoms with van der Waals surface area (Å²) in [5.41, 5.74) is 3.75. The zero-order valence-corrected chi connectivity index (χ0v) is 19.3. The van der Waals surface area contributed by atoms with E-state index in [-0.39, 0.29) is 0 Å². The second-order valence-electron chi connectivity index (χ2n) is 13.1. The molecule has 6 unspecified atom stereocenters. The summed E-state index contributed by atoms with van der Waals surface area (Å²) in [4.78, 5) is 0. The van der Waals surface area contributed by atoms with E-state index in [9.17, 15) is 0 Å². The number of hydrogen-bond acceptors (Lipinski definition) is 1. The fraction of sp³-hybridized carbons (Fsp3) is 0.857. The fourth-order valence-corrected chi connectivity index (χ4v) is 10.3. The third-order valence-electron chi connectivity index (χ3n) is 9.99. The zero-order valence-electron chi connectivity index (χ0n) is 19.3. The van der Waals surface area contributed by atoms with Crippen molar-refractivity contribution in [3.63, 3.8) is 0 Å². The Labute approximate surface area is 178 Å². The van der Waals surface area contributed by atoms with Gasteiger partial charge in [0.05, 0.1) is 12.2 Å². The van der Waals surface area contributed by atoms with E-state index in [1.54, 1.807) is 0 Å². The van der Waals surface area contributed by atoms with Gasteiger partial charge in [0.2, 0.25) is 0 Å². The highest BCUT2D eigenvalue weighted by atomic mass is 16.5. The van der Waals surface area contributed by atoms with Crippen molar-refractivity contribution in [1.29, 1.82) is 0 Å². The van der Waals surface area contributed by atoms with Crippen molar-refractivity contribution in [2.45, 2.75) is 104 Å². The normalized spacial score (nSPS) is 53.9. The molecule has 1 nitrogen and oxygen atoms in total. The van der Waals surface area contributed by atoms with Crippen molar-refractivity contribution < 1.29 is 4.74 Å². The lowest BCUT2D eigenvalue weighted by Gasteiger charge is -2.65. The molecule has 8 fully saturated rings. The number of ether oxygens (including phenoxy) is 1. The van der Waals surface area contributed by atoms with Gasteiger partial charge >= 0.3 is 0 Å². The second-order valence-corrected chi connectivity index (χ2v) is 13.1. The summed E-state index contributed by atoms with van der Waals surface area (Å²) in [6.07, 6.45) is 20.9. The van der Waals surface area contributed by atoms with Gasteiger partial charge in [-0.1, -0.05) is 23.3 Å². The number of rotatable bonds is 4. The van der Waals surface area contributed by atoms with Crippen LogP contribution in [-0.2, 0) is 4.74 Å². The van der Waals surface area contributed by atoms with Crippen LogP contribution in [0.15, 0.2) is 23.3 Å². The van der Waals surface area contributed by atoms with E-state index in [1.165, 1.54) is 75.4 Å². The minimum Gasteiger partial charge on any atom is -0.373 e. The molecule has 0 aliphatic heterocycles. The Bertz CT molecular complexity index is 645. The molecule has 0 aromatic heterocycles.